The lowest BCUT2D eigenvalue weighted by Gasteiger charge is -2.40. The molecule has 0 aliphatic carbocycles. The topological polar surface area (TPSA) is 126 Å². The van der Waals surface area contributed by atoms with E-state index in [1.165, 1.54) is 6.20 Å². The van der Waals surface area contributed by atoms with Crippen molar-refractivity contribution in [2.75, 3.05) is 23.7 Å². The van der Waals surface area contributed by atoms with E-state index in [-0.39, 0.29) is 11.9 Å². The molecule has 1 aliphatic heterocycles. The van der Waals surface area contributed by atoms with Crippen LogP contribution >= 0.6 is 11.6 Å². The highest BCUT2D eigenvalue weighted by atomic mass is 35.5. The van der Waals surface area contributed by atoms with Gasteiger partial charge in [-0.25, -0.2) is 9.67 Å². The summed E-state index contributed by atoms with van der Waals surface area (Å²) >= 11 is 6.17. The molecule has 1 amide bonds. The minimum absolute atomic E-state index is 0.0502. The maximum atomic E-state index is 12.6. The lowest BCUT2D eigenvalue weighted by Crippen LogP contribution is -2.59. The number of aryl methyl sites for hydroxylation is 1. The molecule has 3 heterocycles. The zero-order chi connectivity index (χ0) is 19.1. The van der Waals surface area contributed by atoms with Gasteiger partial charge < -0.3 is 16.0 Å². The molecule has 1 saturated heterocycles. The molecular weight excluding hydrogens is 368 g/mol. The molecule has 0 saturated carbocycles. The van der Waals surface area contributed by atoms with Gasteiger partial charge in [0, 0.05) is 26.3 Å². The van der Waals surface area contributed by atoms with E-state index < -0.39 is 0 Å². The summed E-state index contributed by atoms with van der Waals surface area (Å²) in [6.07, 6.45) is 1.48. The molecule has 0 unspecified atom stereocenters. The fraction of sp³-hybridized carbons (Fsp3) is 0.235. The zero-order valence-corrected chi connectivity index (χ0v) is 15.1. The molecule has 0 bridgehead atoms. The van der Waals surface area contributed by atoms with Crippen molar-refractivity contribution in [3.05, 3.63) is 40.5 Å². The van der Waals surface area contributed by atoms with E-state index >= 15 is 0 Å². The average molecular weight is 383 g/mol. The number of carbonyl (C=O) groups excluding carboxylic acids is 1. The fourth-order valence-electron chi connectivity index (χ4n) is 3.11. The van der Waals surface area contributed by atoms with Crippen molar-refractivity contribution in [1.82, 2.24) is 25.3 Å². The van der Waals surface area contributed by atoms with Gasteiger partial charge in [0.25, 0.3) is 5.91 Å². The third-order valence-electron chi connectivity index (χ3n) is 4.52. The van der Waals surface area contributed by atoms with Gasteiger partial charge in [0.1, 0.15) is 22.9 Å². The monoisotopic (exact) mass is 382 g/mol. The predicted molar refractivity (Wildman–Crippen MR) is 100 cm³/mol. The standard InChI is InChI=1S/C17H15ClN8O/c1-25-15-13(23-24-25)3-2-11(14(15)20)17(27)22-10-7-26(8-10)16-12(18)4-9(5-19)6-21-16/h2-4,6,10H,7-8,20H2,1H3,(H,22,27). The highest BCUT2D eigenvalue weighted by Crippen LogP contribution is 2.28. The molecule has 4 rings (SSSR count). The minimum atomic E-state index is -0.251. The number of halogens is 1. The lowest BCUT2D eigenvalue weighted by molar-refractivity contribution is 0.0931. The van der Waals surface area contributed by atoms with E-state index in [1.54, 1.807) is 29.9 Å². The number of nitriles is 1. The number of pyridine rings is 1. The summed E-state index contributed by atoms with van der Waals surface area (Å²) in [6.45, 7) is 1.14. The number of aromatic nitrogens is 4. The van der Waals surface area contributed by atoms with E-state index in [2.05, 4.69) is 20.6 Å². The number of hydrogen-bond donors (Lipinski definition) is 2. The molecule has 1 fully saturated rings. The summed E-state index contributed by atoms with van der Waals surface area (Å²) in [5.74, 6) is 0.349. The molecular formula is C17H15ClN8O. The van der Waals surface area contributed by atoms with Crippen LogP contribution in [0.5, 0.6) is 0 Å². The van der Waals surface area contributed by atoms with Gasteiger partial charge in [0.05, 0.1) is 27.9 Å². The SMILES string of the molecule is Cn1nnc2ccc(C(=O)NC3CN(c4ncc(C#N)cc4Cl)C3)c(N)c21. The van der Waals surface area contributed by atoms with Gasteiger partial charge in [-0.15, -0.1) is 5.10 Å². The first kappa shape index (κ1) is 17.1. The first-order chi connectivity index (χ1) is 13.0. The Kier molecular flexibility index (Phi) is 4.05. The lowest BCUT2D eigenvalue weighted by atomic mass is 10.1. The Labute approximate surface area is 159 Å². The molecule has 0 spiro atoms. The molecule has 3 N–H and O–H groups in total. The maximum Gasteiger partial charge on any atom is 0.253 e. The van der Waals surface area contributed by atoms with Crippen molar-refractivity contribution >= 4 is 40.0 Å². The summed E-state index contributed by atoms with van der Waals surface area (Å²) in [7, 11) is 1.73. The summed E-state index contributed by atoms with van der Waals surface area (Å²) < 4.78 is 1.55. The Bertz CT molecular complexity index is 1100. The molecule has 0 atom stereocenters. The van der Waals surface area contributed by atoms with Crippen LogP contribution in [0.3, 0.4) is 0 Å². The second-order valence-electron chi connectivity index (χ2n) is 6.32. The minimum Gasteiger partial charge on any atom is -0.396 e. The summed E-state index contributed by atoms with van der Waals surface area (Å²) in [4.78, 5) is 18.8. The van der Waals surface area contributed by atoms with Crippen LogP contribution in [0.25, 0.3) is 11.0 Å². The molecule has 10 heteroatoms. The van der Waals surface area contributed by atoms with Gasteiger partial charge >= 0.3 is 0 Å². The number of nitrogen functional groups attached to an aromatic ring is 1. The molecule has 136 valence electrons. The molecule has 3 aromatic rings. The van der Waals surface area contributed by atoms with Crippen molar-refractivity contribution in [3.63, 3.8) is 0 Å². The van der Waals surface area contributed by atoms with Crippen LogP contribution in [0.4, 0.5) is 11.5 Å². The summed E-state index contributed by atoms with van der Waals surface area (Å²) in [5.41, 5.74) is 8.56. The molecule has 9 nitrogen and oxygen atoms in total. The van der Waals surface area contributed by atoms with E-state index in [1.807, 2.05) is 11.0 Å². The molecule has 0 radical (unpaired) electrons. The van der Waals surface area contributed by atoms with Gasteiger partial charge in [-0.05, 0) is 18.2 Å². The highest BCUT2D eigenvalue weighted by Gasteiger charge is 2.31. The molecule has 27 heavy (non-hydrogen) atoms. The number of hydrogen-bond acceptors (Lipinski definition) is 7. The van der Waals surface area contributed by atoms with E-state index in [0.717, 1.165) is 0 Å². The largest absolute Gasteiger partial charge is 0.396 e. The van der Waals surface area contributed by atoms with Crippen molar-refractivity contribution in [2.45, 2.75) is 6.04 Å². The Balaban J connectivity index is 1.45. The van der Waals surface area contributed by atoms with Crippen LogP contribution in [0.1, 0.15) is 15.9 Å². The van der Waals surface area contributed by atoms with Crippen LogP contribution in [0, 0.1) is 11.3 Å². The number of carbonyl (C=O) groups is 1. The van der Waals surface area contributed by atoms with Crippen LogP contribution in [0.2, 0.25) is 5.02 Å². The molecule has 2 aromatic heterocycles. The Morgan fingerprint density at radius 2 is 2.22 bits per heavy atom. The summed E-state index contributed by atoms with van der Waals surface area (Å²) in [5, 5.41) is 20.2. The Hall–Kier alpha value is -3.38. The predicted octanol–water partition coefficient (Wildman–Crippen LogP) is 1.09. The van der Waals surface area contributed by atoms with Crippen molar-refractivity contribution in [3.8, 4) is 6.07 Å². The number of rotatable bonds is 3. The van der Waals surface area contributed by atoms with E-state index in [0.29, 0.717) is 51.8 Å². The van der Waals surface area contributed by atoms with Crippen LogP contribution in [0.15, 0.2) is 24.4 Å². The van der Waals surface area contributed by atoms with E-state index in [4.69, 9.17) is 22.6 Å². The fourth-order valence-corrected chi connectivity index (χ4v) is 3.39. The van der Waals surface area contributed by atoms with E-state index in [9.17, 15) is 4.79 Å². The maximum absolute atomic E-state index is 12.6. The van der Waals surface area contributed by atoms with Crippen LogP contribution in [-0.2, 0) is 7.05 Å². The summed E-state index contributed by atoms with van der Waals surface area (Å²) in [6, 6.07) is 6.90. The smallest absolute Gasteiger partial charge is 0.253 e. The number of amides is 1. The number of anilines is 2. The third-order valence-corrected chi connectivity index (χ3v) is 4.80. The van der Waals surface area contributed by atoms with Crippen molar-refractivity contribution < 1.29 is 4.79 Å². The van der Waals surface area contributed by atoms with Crippen LogP contribution < -0.4 is 16.0 Å². The number of benzene rings is 1. The van der Waals surface area contributed by atoms with Crippen LogP contribution in [-0.4, -0.2) is 45.0 Å². The number of fused-ring (bicyclic) bond motifs is 1. The number of nitrogens with two attached hydrogens (primary N) is 1. The third kappa shape index (κ3) is 2.90. The quantitative estimate of drug-likeness (QED) is 0.649. The Morgan fingerprint density at radius 3 is 2.93 bits per heavy atom. The molecule has 1 aliphatic rings. The van der Waals surface area contributed by atoms with Gasteiger partial charge in [0.15, 0.2) is 0 Å². The van der Waals surface area contributed by atoms with Crippen molar-refractivity contribution in [1.29, 1.82) is 5.26 Å². The Morgan fingerprint density at radius 1 is 1.44 bits per heavy atom. The van der Waals surface area contributed by atoms with Gasteiger partial charge in [-0.2, -0.15) is 5.26 Å². The molecule has 1 aromatic carbocycles. The normalized spacial score (nSPS) is 14.0. The first-order valence-electron chi connectivity index (χ1n) is 8.17. The second kappa shape index (κ2) is 6.41. The zero-order valence-electron chi connectivity index (χ0n) is 14.3. The van der Waals surface area contributed by atoms with Gasteiger partial charge in [-0.3, -0.25) is 4.79 Å². The van der Waals surface area contributed by atoms with Gasteiger partial charge in [-0.1, -0.05) is 16.8 Å². The first-order valence-corrected chi connectivity index (χ1v) is 8.55. The average Bonchev–Trinajstić information content (AvgIpc) is 3.00. The highest BCUT2D eigenvalue weighted by molar-refractivity contribution is 6.33. The van der Waals surface area contributed by atoms with Gasteiger partial charge in [0.2, 0.25) is 0 Å². The van der Waals surface area contributed by atoms with Crippen molar-refractivity contribution in [2.24, 2.45) is 7.05 Å². The number of nitrogens with one attached hydrogen (secondary N) is 1. The second-order valence-corrected chi connectivity index (χ2v) is 6.73. The number of nitrogens with zero attached hydrogens (tertiary/aromatic N) is 6.